The van der Waals surface area contributed by atoms with E-state index in [9.17, 15) is 0 Å². The maximum atomic E-state index is 0. The molecule has 0 saturated heterocycles. The van der Waals surface area contributed by atoms with Crippen LogP contribution in [0.2, 0.25) is 0 Å². The molecular formula is B2Fe2Nd. The minimum Gasteiger partial charge on any atom is 0 e. The van der Waals surface area contributed by atoms with Gasteiger partial charge >= 0.3 is 0 Å². The molecule has 0 rings (SSSR count). The molecule has 0 aliphatic heterocycles. The van der Waals surface area contributed by atoms with Gasteiger partial charge in [-0.1, -0.05) is 0 Å². The van der Waals surface area contributed by atoms with E-state index in [1.165, 1.54) is 0 Å². The summed E-state index contributed by atoms with van der Waals surface area (Å²) in [6.45, 7) is 0. The Hall–Kier alpha value is 2.52. The molecule has 0 saturated carbocycles. The van der Waals surface area contributed by atoms with Crippen molar-refractivity contribution >= 4 is 16.8 Å². The Morgan fingerprint density at radius 1 is 0.600 bits per heavy atom. The third-order valence-corrected chi connectivity index (χ3v) is 0. The van der Waals surface area contributed by atoms with Crippen LogP contribution in [0.4, 0.5) is 0 Å². The SMILES string of the molecule is [B].[B].[Fe].[Fe].[Nd]. The zero-order valence-electron chi connectivity index (χ0n) is 2.36. The molecule has 5 heteroatoms. The molecule has 0 N–H and O–H groups in total. The van der Waals surface area contributed by atoms with E-state index in [0.29, 0.717) is 0 Å². The summed E-state index contributed by atoms with van der Waals surface area (Å²) in [5, 5.41) is 0. The van der Waals surface area contributed by atoms with E-state index in [4.69, 9.17) is 0 Å². The van der Waals surface area contributed by atoms with Crippen LogP contribution in [-0.2, 0) is 34.1 Å². The molecule has 0 aromatic heterocycles. The van der Waals surface area contributed by atoms with Gasteiger partial charge in [0, 0.05) is 91.8 Å². The molecule has 0 nitrogen and oxygen atoms in total. The van der Waals surface area contributed by atoms with Crippen LogP contribution >= 0.6 is 0 Å². The molecule has 26 valence electrons. The van der Waals surface area contributed by atoms with Gasteiger partial charge in [-0.25, -0.2) is 0 Å². The molecule has 0 fully saturated rings. The van der Waals surface area contributed by atoms with Crippen LogP contribution in [0.3, 0.4) is 0 Å². The van der Waals surface area contributed by atoms with Gasteiger partial charge in [0.2, 0.25) is 0 Å². The van der Waals surface area contributed by atoms with Crippen molar-refractivity contribution in [2.24, 2.45) is 0 Å². The summed E-state index contributed by atoms with van der Waals surface area (Å²) in [5.74, 6) is 0. The van der Waals surface area contributed by atoms with Crippen molar-refractivity contribution in [3.63, 3.8) is 0 Å². The Balaban J connectivity index is 0. The smallest absolute Gasteiger partial charge is 0 e. The summed E-state index contributed by atoms with van der Waals surface area (Å²) in [4.78, 5) is 0. The van der Waals surface area contributed by atoms with E-state index in [-0.39, 0.29) is 91.8 Å². The molecule has 0 bridgehead atoms. The van der Waals surface area contributed by atoms with Gasteiger partial charge in [0.1, 0.15) is 0 Å². The number of rotatable bonds is 0. The van der Waals surface area contributed by atoms with Crippen LogP contribution in [-0.4, -0.2) is 16.8 Å². The van der Waals surface area contributed by atoms with Crippen LogP contribution < -0.4 is 0 Å². The summed E-state index contributed by atoms with van der Waals surface area (Å²) >= 11 is 0. The molecule has 0 atom stereocenters. The van der Waals surface area contributed by atoms with Crippen LogP contribution in [0.25, 0.3) is 0 Å². The first kappa shape index (κ1) is 50.3. The van der Waals surface area contributed by atoms with Crippen LogP contribution in [0.15, 0.2) is 0 Å². The molecule has 0 aliphatic carbocycles. The predicted octanol–water partition coefficient (Wildman–Crippen LogP) is -0.767. The van der Waals surface area contributed by atoms with Crippen molar-refractivity contribution < 1.29 is 75.0 Å². The van der Waals surface area contributed by atoms with Gasteiger partial charge in [-0.3, -0.25) is 0 Å². The molecule has 5 heavy (non-hydrogen) atoms. The molecule has 0 amide bonds. The van der Waals surface area contributed by atoms with Gasteiger partial charge in [0.05, 0.1) is 0 Å². The van der Waals surface area contributed by atoms with Crippen molar-refractivity contribution in [1.29, 1.82) is 0 Å². The van der Waals surface area contributed by atoms with Gasteiger partial charge in [-0.2, -0.15) is 0 Å². The summed E-state index contributed by atoms with van der Waals surface area (Å²) in [7, 11) is 0. The fraction of sp³-hybridized carbons (Fsp3) is 0. The monoisotopic (exact) mass is 276 g/mol. The summed E-state index contributed by atoms with van der Waals surface area (Å²) in [6, 6.07) is 0. The first-order valence-corrected chi connectivity index (χ1v) is 0. The normalized spacial score (nSPS) is 0. The summed E-state index contributed by atoms with van der Waals surface area (Å²) < 4.78 is 0. The second-order valence-electron chi connectivity index (χ2n) is 0. The van der Waals surface area contributed by atoms with Gasteiger partial charge < -0.3 is 0 Å². The van der Waals surface area contributed by atoms with E-state index in [1.54, 1.807) is 0 Å². The Labute approximate surface area is 90.2 Å². The molecule has 0 aromatic carbocycles. The Kier molecular flexibility index (Phi) is 315. The molecule has 6 radical (unpaired) electrons. The third kappa shape index (κ3) is 21.0. The molecule has 0 aliphatic rings. The first-order valence-electron chi connectivity index (χ1n) is 0. The van der Waals surface area contributed by atoms with E-state index >= 15 is 0 Å². The average molecular weight is 278 g/mol. The second kappa shape index (κ2) is 31.3. The molecular weight excluding hydrogens is 278 g/mol. The molecule has 0 aromatic rings. The van der Waals surface area contributed by atoms with Crippen LogP contribution in [0.5, 0.6) is 0 Å². The van der Waals surface area contributed by atoms with Crippen molar-refractivity contribution in [1.82, 2.24) is 0 Å². The number of hydrogen-bond donors (Lipinski definition) is 0. The van der Waals surface area contributed by atoms with Gasteiger partial charge in [0.15, 0.2) is 0 Å². The standard InChI is InChI=1S/2B.2Fe.Nd. The molecule has 0 unspecified atom stereocenters. The minimum atomic E-state index is 0. The van der Waals surface area contributed by atoms with E-state index in [1.807, 2.05) is 0 Å². The van der Waals surface area contributed by atoms with E-state index in [0.717, 1.165) is 0 Å². The Morgan fingerprint density at radius 2 is 0.600 bits per heavy atom. The summed E-state index contributed by atoms with van der Waals surface area (Å²) in [5.41, 5.74) is 0. The zero-order valence-corrected chi connectivity index (χ0v) is 7.78. The van der Waals surface area contributed by atoms with Gasteiger partial charge in [-0.05, 0) is 0 Å². The summed E-state index contributed by atoms with van der Waals surface area (Å²) in [6.07, 6.45) is 0. The zero-order chi connectivity index (χ0) is 0. The van der Waals surface area contributed by atoms with Crippen molar-refractivity contribution in [2.75, 3.05) is 0 Å². The van der Waals surface area contributed by atoms with Crippen LogP contribution in [0.1, 0.15) is 0 Å². The van der Waals surface area contributed by atoms with Crippen LogP contribution in [0, 0.1) is 40.8 Å². The van der Waals surface area contributed by atoms with E-state index in [2.05, 4.69) is 0 Å². The maximum Gasteiger partial charge on any atom is 0 e. The van der Waals surface area contributed by atoms with Crippen molar-refractivity contribution in [3.8, 4) is 0 Å². The average Bonchev–Trinajstić information content (AvgIpc) is 0. The Morgan fingerprint density at radius 3 is 0.600 bits per heavy atom. The van der Waals surface area contributed by atoms with Gasteiger partial charge in [0.25, 0.3) is 0 Å². The third-order valence-electron chi connectivity index (χ3n) is 0. The molecule has 0 spiro atoms. The molecule has 0 heterocycles. The number of hydrogen-bond acceptors (Lipinski definition) is 0. The fourth-order valence-corrected chi connectivity index (χ4v) is 0. The first-order chi connectivity index (χ1) is 0. The topological polar surface area (TPSA) is 0 Å². The van der Waals surface area contributed by atoms with Gasteiger partial charge in [-0.15, -0.1) is 0 Å². The van der Waals surface area contributed by atoms with Crippen molar-refractivity contribution in [3.05, 3.63) is 0 Å². The van der Waals surface area contributed by atoms with E-state index < -0.39 is 0 Å². The quantitative estimate of drug-likeness (QED) is 0.510. The maximum absolute atomic E-state index is 0. The Bertz CT molecular complexity index is 7.61. The second-order valence-corrected chi connectivity index (χ2v) is 0. The minimum absolute atomic E-state index is 0. The largest absolute Gasteiger partial charge is 0 e. The van der Waals surface area contributed by atoms with Crippen molar-refractivity contribution in [2.45, 2.75) is 0 Å². The predicted molar refractivity (Wildman–Crippen MR) is 11.5 cm³/mol. The fourth-order valence-electron chi connectivity index (χ4n) is 0.